The van der Waals surface area contributed by atoms with Gasteiger partial charge in [-0.05, 0) is 42.9 Å². The molecule has 1 aromatic carbocycles. The summed E-state index contributed by atoms with van der Waals surface area (Å²) in [7, 11) is 0. The van der Waals surface area contributed by atoms with Crippen molar-refractivity contribution >= 4 is 16.8 Å². The van der Waals surface area contributed by atoms with E-state index in [2.05, 4.69) is 39.2 Å². The number of carbonyl (C=O) groups excluding carboxylic acids is 1. The zero-order valence-electron chi connectivity index (χ0n) is 14.0. The fourth-order valence-electron chi connectivity index (χ4n) is 3.59. The van der Waals surface area contributed by atoms with Gasteiger partial charge in [-0.15, -0.1) is 0 Å². The largest absolute Gasteiger partial charge is 0.339 e. The van der Waals surface area contributed by atoms with E-state index in [4.69, 9.17) is 0 Å². The average molecular weight is 332 g/mol. The van der Waals surface area contributed by atoms with E-state index in [0.29, 0.717) is 11.5 Å². The average Bonchev–Trinajstić information content (AvgIpc) is 2.69. The van der Waals surface area contributed by atoms with Crippen LogP contribution in [-0.2, 0) is 6.42 Å². The summed E-state index contributed by atoms with van der Waals surface area (Å²) in [6, 6.07) is 10.5. The quantitative estimate of drug-likeness (QED) is 0.739. The van der Waals surface area contributed by atoms with Crippen molar-refractivity contribution in [1.82, 2.24) is 19.9 Å². The first-order valence-corrected chi connectivity index (χ1v) is 8.68. The molecule has 1 fully saturated rings. The van der Waals surface area contributed by atoms with Gasteiger partial charge in [-0.1, -0.05) is 18.2 Å². The van der Waals surface area contributed by atoms with Crippen LogP contribution in [0.25, 0.3) is 10.9 Å². The van der Waals surface area contributed by atoms with Crippen LogP contribution in [0, 0.1) is 5.92 Å². The lowest BCUT2D eigenvalue weighted by Crippen LogP contribution is -2.39. The molecule has 126 valence electrons. The number of aromatic nitrogens is 3. The second-order valence-electron chi connectivity index (χ2n) is 6.55. The molecule has 1 saturated heterocycles. The van der Waals surface area contributed by atoms with Crippen LogP contribution in [0.4, 0.5) is 0 Å². The maximum Gasteiger partial charge on any atom is 0.256 e. The third-order valence-electron chi connectivity index (χ3n) is 4.95. The predicted octanol–water partition coefficient (Wildman–Crippen LogP) is 3.12. The van der Waals surface area contributed by atoms with Gasteiger partial charge in [-0.3, -0.25) is 9.78 Å². The highest BCUT2D eigenvalue weighted by atomic mass is 16.2. The van der Waals surface area contributed by atoms with Gasteiger partial charge in [0.2, 0.25) is 0 Å². The van der Waals surface area contributed by atoms with Crippen molar-refractivity contribution in [2.75, 3.05) is 13.1 Å². The number of carbonyl (C=O) groups is 1. The smallest absolute Gasteiger partial charge is 0.256 e. The van der Waals surface area contributed by atoms with Crippen LogP contribution in [-0.4, -0.2) is 38.8 Å². The van der Waals surface area contributed by atoms with Gasteiger partial charge in [-0.2, -0.15) is 0 Å². The van der Waals surface area contributed by atoms with Gasteiger partial charge in [0.1, 0.15) is 6.33 Å². The summed E-state index contributed by atoms with van der Waals surface area (Å²) in [5.41, 5.74) is 2.98. The highest BCUT2D eigenvalue weighted by Gasteiger charge is 2.24. The number of pyridine rings is 1. The van der Waals surface area contributed by atoms with E-state index in [-0.39, 0.29) is 5.91 Å². The Labute approximate surface area is 146 Å². The van der Waals surface area contributed by atoms with Gasteiger partial charge in [0, 0.05) is 37.1 Å². The summed E-state index contributed by atoms with van der Waals surface area (Å²) in [4.78, 5) is 26.7. The highest BCUT2D eigenvalue weighted by Crippen LogP contribution is 2.26. The van der Waals surface area contributed by atoms with Crippen LogP contribution in [0.1, 0.15) is 28.8 Å². The molecule has 3 heterocycles. The first kappa shape index (κ1) is 15.7. The Morgan fingerprint density at radius 2 is 1.88 bits per heavy atom. The Balaban J connectivity index is 1.41. The molecule has 1 aliphatic rings. The number of nitrogens with zero attached hydrogens (tertiary/aromatic N) is 4. The number of likely N-dealkylation sites (tertiary alicyclic amines) is 1. The normalized spacial score (nSPS) is 15.4. The number of amides is 1. The molecule has 3 aromatic rings. The van der Waals surface area contributed by atoms with Crippen molar-refractivity contribution in [3.8, 4) is 0 Å². The summed E-state index contributed by atoms with van der Waals surface area (Å²) in [6.07, 6.45) is 9.55. The molecular formula is C20H20N4O. The van der Waals surface area contributed by atoms with Crippen LogP contribution in [0.3, 0.4) is 0 Å². The van der Waals surface area contributed by atoms with Gasteiger partial charge < -0.3 is 4.90 Å². The van der Waals surface area contributed by atoms with Crippen LogP contribution < -0.4 is 0 Å². The van der Waals surface area contributed by atoms with Crippen LogP contribution >= 0.6 is 0 Å². The molecule has 0 saturated carbocycles. The van der Waals surface area contributed by atoms with Crippen molar-refractivity contribution < 1.29 is 4.79 Å². The maximum absolute atomic E-state index is 12.5. The molecule has 0 atom stereocenters. The van der Waals surface area contributed by atoms with Gasteiger partial charge in [0.05, 0.1) is 11.1 Å². The Hall–Kier alpha value is -2.82. The van der Waals surface area contributed by atoms with E-state index < -0.39 is 0 Å². The molecule has 0 unspecified atom stereocenters. The lowest BCUT2D eigenvalue weighted by Gasteiger charge is -2.32. The lowest BCUT2D eigenvalue weighted by molar-refractivity contribution is 0.0690. The molecule has 1 aliphatic heterocycles. The van der Waals surface area contributed by atoms with Gasteiger partial charge in [0.15, 0.2) is 0 Å². The Bertz CT molecular complexity index is 868. The minimum atomic E-state index is 0.0356. The number of hydrogen-bond donors (Lipinski definition) is 0. The maximum atomic E-state index is 12.5. The fourth-order valence-corrected chi connectivity index (χ4v) is 3.59. The zero-order valence-corrected chi connectivity index (χ0v) is 14.0. The molecule has 1 amide bonds. The molecular weight excluding hydrogens is 312 g/mol. The van der Waals surface area contributed by atoms with Crippen LogP contribution in [0.15, 0.2) is 55.2 Å². The minimum Gasteiger partial charge on any atom is -0.339 e. The van der Waals surface area contributed by atoms with E-state index in [1.54, 1.807) is 12.4 Å². The Morgan fingerprint density at radius 3 is 2.68 bits per heavy atom. The van der Waals surface area contributed by atoms with E-state index in [1.807, 2.05) is 17.2 Å². The summed E-state index contributed by atoms with van der Waals surface area (Å²) in [5.74, 6) is 0.635. The van der Waals surface area contributed by atoms with Crippen molar-refractivity contribution in [3.05, 3.63) is 66.4 Å². The van der Waals surface area contributed by atoms with E-state index >= 15 is 0 Å². The lowest BCUT2D eigenvalue weighted by atomic mass is 9.88. The van der Waals surface area contributed by atoms with E-state index in [0.717, 1.165) is 37.9 Å². The van der Waals surface area contributed by atoms with Gasteiger partial charge in [0.25, 0.3) is 5.91 Å². The third-order valence-corrected chi connectivity index (χ3v) is 4.95. The zero-order chi connectivity index (χ0) is 17.1. The second kappa shape index (κ2) is 6.97. The molecule has 0 spiro atoms. The Morgan fingerprint density at radius 1 is 1.08 bits per heavy atom. The molecule has 5 nitrogen and oxygen atoms in total. The summed E-state index contributed by atoms with van der Waals surface area (Å²) < 4.78 is 0. The van der Waals surface area contributed by atoms with Crippen LogP contribution in [0.2, 0.25) is 0 Å². The fraction of sp³-hybridized carbons (Fsp3) is 0.300. The summed E-state index contributed by atoms with van der Waals surface area (Å²) >= 11 is 0. The summed E-state index contributed by atoms with van der Waals surface area (Å²) in [6.45, 7) is 1.59. The van der Waals surface area contributed by atoms with Gasteiger partial charge in [-0.25, -0.2) is 9.97 Å². The topological polar surface area (TPSA) is 59.0 Å². The molecule has 25 heavy (non-hydrogen) atoms. The SMILES string of the molecule is O=C(c1cncnc1)N1CCC(Cc2cccc3ncccc23)CC1. The molecule has 5 heteroatoms. The molecule has 2 aromatic heterocycles. The molecule has 0 aliphatic carbocycles. The van der Waals surface area contributed by atoms with Crippen molar-refractivity contribution in [2.24, 2.45) is 5.92 Å². The third kappa shape index (κ3) is 3.36. The monoisotopic (exact) mass is 332 g/mol. The molecule has 4 rings (SSSR count). The van der Waals surface area contributed by atoms with Gasteiger partial charge >= 0.3 is 0 Å². The highest BCUT2D eigenvalue weighted by molar-refractivity contribution is 5.93. The number of hydrogen-bond acceptors (Lipinski definition) is 4. The first-order chi connectivity index (χ1) is 12.3. The number of fused-ring (bicyclic) bond motifs is 1. The van der Waals surface area contributed by atoms with Crippen molar-refractivity contribution in [1.29, 1.82) is 0 Å². The standard InChI is InChI=1S/C20H20N4O/c25-20(17-12-21-14-22-13-17)24-9-6-15(7-10-24)11-16-3-1-5-19-18(16)4-2-8-23-19/h1-5,8,12-15H,6-7,9-11H2. The Kier molecular flexibility index (Phi) is 4.37. The first-order valence-electron chi connectivity index (χ1n) is 8.68. The number of piperidine rings is 1. The van der Waals surface area contributed by atoms with E-state index in [9.17, 15) is 4.79 Å². The minimum absolute atomic E-state index is 0.0356. The molecule has 0 radical (unpaired) electrons. The number of rotatable bonds is 3. The molecule has 0 N–H and O–H groups in total. The van der Waals surface area contributed by atoms with Crippen LogP contribution in [0.5, 0.6) is 0 Å². The number of benzene rings is 1. The predicted molar refractivity (Wildman–Crippen MR) is 96.1 cm³/mol. The second-order valence-corrected chi connectivity index (χ2v) is 6.55. The van der Waals surface area contributed by atoms with Crippen molar-refractivity contribution in [2.45, 2.75) is 19.3 Å². The summed E-state index contributed by atoms with van der Waals surface area (Å²) in [5, 5.41) is 1.24. The van der Waals surface area contributed by atoms with Crippen molar-refractivity contribution in [3.63, 3.8) is 0 Å². The van der Waals surface area contributed by atoms with E-state index in [1.165, 1.54) is 17.3 Å². The molecule has 0 bridgehead atoms.